The highest BCUT2D eigenvalue weighted by atomic mass is 79.9. The van der Waals surface area contributed by atoms with Crippen molar-refractivity contribution < 1.29 is 14.4 Å². The van der Waals surface area contributed by atoms with Crippen molar-refractivity contribution in [3.05, 3.63) is 70.6 Å². The maximum absolute atomic E-state index is 14.2. The first-order valence-electron chi connectivity index (χ1n) is 15.8. The van der Waals surface area contributed by atoms with Crippen LogP contribution in [0.1, 0.15) is 73.7 Å². The number of nitrogens with one attached hydrogen (secondary N) is 1. The largest absolute Gasteiger partial charge is 0.325 e. The molecule has 6 heterocycles. The van der Waals surface area contributed by atoms with E-state index >= 15 is 0 Å². The molecule has 12 heteroatoms. The molecular formula is C34H35BrN8O3. The van der Waals surface area contributed by atoms with Gasteiger partial charge in [-0.1, -0.05) is 31.1 Å². The summed E-state index contributed by atoms with van der Waals surface area (Å²) in [5.41, 5.74) is 2.91. The zero-order chi connectivity index (χ0) is 32.0. The van der Waals surface area contributed by atoms with Crippen LogP contribution in [0.5, 0.6) is 0 Å². The van der Waals surface area contributed by atoms with Gasteiger partial charge in [-0.2, -0.15) is 5.10 Å². The number of hydrogen-bond acceptors (Lipinski definition) is 8. The number of carbonyl (C=O) groups is 3. The summed E-state index contributed by atoms with van der Waals surface area (Å²) < 4.78 is 2.17. The Labute approximate surface area is 275 Å². The van der Waals surface area contributed by atoms with Crippen LogP contribution in [0.3, 0.4) is 0 Å². The summed E-state index contributed by atoms with van der Waals surface area (Å²) >= 11 is 3.45. The highest BCUT2D eigenvalue weighted by Crippen LogP contribution is 2.61. The number of halogens is 1. The third kappa shape index (κ3) is 5.74. The fourth-order valence-electron chi connectivity index (χ4n) is 6.95. The number of aromatic nitrogens is 6. The molecule has 2 bridgehead atoms. The van der Waals surface area contributed by atoms with Crippen molar-refractivity contribution in [3.63, 3.8) is 0 Å². The Morgan fingerprint density at radius 1 is 1.07 bits per heavy atom. The quantitative estimate of drug-likeness (QED) is 0.167. The second-order valence-corrected chi connectivity index (χ2v) is 13.4. The molecule has 3 aliphatic rings. The van der Waals surface area contributed by atoms with Crippen molar-refractivity contribution in [2.75, 3.05) is 5.32 Å². The van der Waals surface area contributed by atoms with Crippen LogP contribution in [0.4, 0.5) is 5.82 Å². The predicted molar refractivity (Wildman–Crippen MR) is 176 cm³/mol. The highest BCUT2D eigenvalue weighted by Gasteiger charge is 2.65. The second-order valence-electron chi connectivity index (χ2n) is 12.6. The maximum Gasteiger partial charge on any atom is 0.248 e. The molecule has 1 saturated heterocycles. The summed E-state index contributed by atoms with van der Waals surface area (Å²) in [5.74, 6) is 0.501. The monoisotopic (exact) mass is 682 g/mol. The Morgan fingerprint density at radius 3 is 2.67 bits per heavy atom. The molecule has 1 saturated carbocycles. The number of pyridine rings is 2. The molecule has 1 spiro atoms. The second kappa shape index (κ2) is 12.1. The summed E-state index contributed by atoms with van der Waals surface area (Å²) in [6, 6.07) is 4.96. The van der Waals surface area contributed by atoms with E-state index in [9.17, 15) is 14.4 Å². The van der Waals surface area contributed by atoms with E-state index in [0.717, 1.165) is 50.5 Å². The van der Waals surface area contributed by atoms with Crippen LogP contribution in [-0.2, 0) is 22.6 Å². The lowest BCUT2D eigenvalue weighted by Gasteiger charge is -2.27. The number of aryl methyl sites for hydroxylation is 2. The molecular weight excluding hydrogens is 648 g/mol. The van der Waals surface area contributed by atoms with Gasteiger partial charge < -0.3 is 10.2 Å². The normalized spacial score (nSPS) is 23.5. The summed E-state index contributed by atoms with van der Waals surface area (Å²) in [6.45, 7) is 3.14. The summed E-state index contributed by atoms with van der Waals surface area (Å²) in [6.07, 6.45) is 17.1. The smallest absolute Gasteiger partial charge is 0.248 e. The first kappa shape index (κ1) is 30.3. The van der Waals surface area contributed by atoms with Crippen molar-refractivity contribution in [2.45, 2.75) is 83.8 Å². The van der Waals surface area contributed by atoms with Gasteiger partial charge in [0.05, 0.1) is 17.4 Å². The molecule has 236 valence electrons. The van der Waals surface area contributed by atoms with Gasteiger partial charge in [0.15, 0.2) is 5.78 Å². The SMILES string of the molecule is CC(=O)c1nn(CC(=O)N2[C@H]3C[C@@]4(/C=C/CCCCCCc5ccc(Br)nc5NC3=O)C[C@@H]24)c2cnc(-c3cnc(C)nc3)cc12. The van der Waals surface area contributed by atoms with E-state index in [1.54, 1.807) is 36.5 Å². The molecule has 2 fully saturated rings. The molecule has 46 heavy (non-hydrogen) atoms. The Balaban J connectivity index is 1.20. The van der Waals surface area contributed by atoms with Crippen LogP contribution >= 0.6 is 15.9 Å². The average Bonchev–Trinajstić information content (AvgIpc) is 3.45. The summed E-state index contributed by atoms with van der Waals surface area (Å²) in [5, 5.41) is 8.24. The minimum Gasteiger partial charge on any atom is -0.325 e. The first-order valence-corrected chi connectivity index (χ1v) is 16.6. The van der Waals surface area contributed by atoms with Gasteiger partial charge in [-0.15, -0.1) is 0 Å². The lowest BCUT2D eigenvalue weighted by Crippen LogP contribution is -2.47. The molecule has 4 aromatic heterocycles. The van der Waals surface area contributed by atoms with Crippen LogP contribution in [0.25, 0.3) is 22.2 Å². The van der Waals surface area contributed by atoms with Crippen molar-refractivity contribution in [2.24, 2.45) is 5.41 Å². The highest BCUT2D eigenvalue weighted by molar-refractivity contribution is 9.10. The first-order chi connectivity index (χ1) is 22.2. The molecule has 4 aromatic rings. The number of Topliss-reactive ketones (excluding diaryl/α,β-unsaturated/α-hetero) is 1. The Bertz CT molecular complexity index is 1890. The van der Waals surface area contributed by atoms with Gasteiger partial charge >= 0.3 is 0 Å². The maximum atomic E-state index is 14.2. The Morgan fingerprint density at radius 2 is 1.87 bits per heavy atom. The number of anilines is 1. The van der Waals surface area contributed by atoms with Gasteiger partial charge in [-0.05, 0) is 79.1 Å². The zero-order valence-corrected chi connectivity index (χ0v) is 27.5. The summed E-state index contributed by atoms with van der Waals surface area (Å²) in [7, 11) is 0. The molecule has 0 aromatic carbocycles. The molecule has 2 aliphatic heterocycles. The van der Waals surface area contributed by atoms with Gasteiger partial charge in [0.25, 0.3) is 0 Å². The molecule has 1 N–H and O–H groups in total. The van der Waals surface area contributed by atoms with Crippen LogP contribution in [0.15, 0.2) is 53.5 Å². The van der Waals surface area contributed by atoms with Crippen molar-refractivity contribution in [1.82, 2.24) is 34.6 Å². The number of rotatable bonds is 4. The van der Waals surface area contributed by atoms with Gasteiger partial charge in [-0.25, -0.2) is 15.0 Å². The number of amides is 2. The lowest BCUT2D eigenvalue weighted by molar-refractivity contribution is -0.138. The van der Waals surface area contributed by atoms with Crippen molar-refractivity contribution >= 4 is 50.2 Å². The molecule has 1 aliphatic carbocycles. The van der Waals surface area contributed by atoms with Crippen molar-refractivity contribution in [1.29, 1.82) is 0 Å². The third-order valence-corrected chi connectivity index (χ3v) is 9.89. The van der Waals surface area contributed by atoms with E-state index in [1.165, 1.54) is 11.6 Å². The van der Waals surface area contributed by atoms with Gasteiger partial charge in [0.1, 0.15) is 34.5 Å². The number of ketones is 1. The van der Waals surface area contributed by atoms with E-state index < -0.39 is 6.04 Å². The van der Waals surface area contributed by atoms with Gasteiger partial charge in [0.2, 0.25) is 11.8 Å². The molecule has 2 amide bonds. The van der Waals surface area contributed by atoms with E-state index in [4.69, 9.17) is 0 Å². The average molecular weight is 684 g/mol. The fourth-order valence-corrected chi connectivity index (χ4v) is 7.26. The van der Waals surface area contributed by atoms with Crippen LogP contribution in [0.2, 0.25) is 0 Å². The van der Waals surface area contributed by atoms with E-state index in [1.807, 2.05) is 12.1 Å². The van der Waals surface area contributed by atoms with Crippen molar-refractivity contribution in [3.8, 4) is 11.3 Å². The number of nitrogens with zero attached hydrogens (tertiary/aromatic N) is 7. The predicted octanol–water partition coefficient (Wildman–Crippen LogP) is 5.62. The zero-order valence-electron chi connectivity index (χ0n) is 25.9. The van der Waals surface area contributed by atoms with Crippen LogP contribution in [-0.4, -0.2) is 64.3 Å². The minimum atomic E-state index is -0.657. The lowest BCUT2D eigenvalue weighted by atomic mass is 9.97. The molecule has 11 nitrogen and oxygen atoms in total. The third-order valence-electron chi connectivity index (χ3n) is 9.45. The number of fused-ring (bicyclic) bond motifs is 3. The number of allylic oxidation sites excluding steroid dienone is 1. The number of likely N-dealkylation sites (tertiary alicyclic amines) is 1. The molecule has 0 unspecified atom stereocenters. The number of piperidine rings is 1. The fraction of sp³-hybridized carbons (Fsp3) is 0.412. The van der Waals surface area contributed by atoms with E-state index in [2.05, 4.69) is 58.4 Å². The molecule has 3 atom stereocenters. The van der Waals surface area contributed by atoms with Gasteiger partial charge in [-0.3, -0.25) is 24.0 Å². The van der Waals surface area contributed by atoms with E-state index in [0.29, 0.717) is 44.8 Å². The van der Waals surface area contributed by atoms with Gasteiger partial charge in [0, 0.05) is 41.7 Å². The Hall–Kier alpha value is -4.32. The summed E-state index contributed by atoms with van der Waals surface area (Å²) in [4.78, 5) is 60.2. The van der Waals surface area contributed by atoms with E-state index in [-0.39, 0.29) is 41.3 Å². The topological polar surface area (TPSA) is 136 Å². The minimum absolute atomic E-state index is 0.0739. The van der Waals surface area contributed by atoms with Crippen LogP contribution in [0, 0.1) is 12.3 Å². The number of hydrogen-bond donors (Lipinski definition) is 1. The van der Waals surface area contributed by atoms with Crippen LogP contribution < -0.4 is 5.32 Å². The number of carbonyl (C=O) groups excluding carboxylic acids is 3. The molecule has 0 radical (unpaired) electrons. The standard InChI is InChI=1S/C34H35BrN8O3/c1-20(44)31-24-13-25(23-16-36-21(2)37-17-23)38-18-27(24)42(41-31)19-30(45)43-26-14-34(15-28(34)43)12-8-6-4-3-5-7-9-22-10-11-29(35)39-32(22)40-33(26)46/h8,10-13,16-18,26,28H,3-7,9,14-15,19H2,1-2H3,(H,39,40,46)/b12-8+/t26-,28+,34-/m0/s1. The molecule has 7 rings (SSSR count). The Kier molecular flexibility index (Phi) is 8.00.